The van der Waals surface area contributed by atoms with Crippen LogP contribution in [-0.2, 0) is 12.7 Å². The molecule has 0 radical (unpaired) electrons. The number of halogens is 3. The van der Waals surface area contributed by atoms with Crippen molar-refractivity contribution in [3.63, 3.8) is 0 Å². The summed E-state index contributed by atoms with van der Waals surface area (Å²) in [5.74, 6) is 0. The smallest absolute Gasteiger partial charge is 0.329 e. The summed E-state index contributed by atoms with van der Waals surface area (Å²) in [5, 5.41) is 0. The molecule has 21 heavy (non-hydrogen) atoms. The summed E-state index contributed by atoms with van der Waals surface area (Å²) in [7, 11) is 0. The third kappa shape index (κ3) is 4.43. The van der Waals surface area contributed by atoms with Crippen LogP contribution in [-0.4, -0.2) is 48.6 Å². The van der Waals surface area contributed by atoms with Gasteiger partial charge in [0.15, 0.2) is 0 Å². The second kappa shape index (κ2) is 6.77. The van der Waals surface area contributed by atoms with Gasteiger partial charge in [-0.05, 0) is 24.6 Å². The Morgan fingerprint density at radius 1 is 1.10 bits per heavy atom. The van der Waals surface area contributed by atoms with Crippen LogP contribution in [0.5, 0.6) is 0 Å². The lowest BCUT2D eigenvalue weighted by molar-refractivity contribution is -0.137. The summed E-state index contributed by atoms with van der Waals surface area (Å²) in [6, 6.07) is 5.83. The fourth-order valence-corrected chi connectivity index (χ4v) is 2.57. The number of nitrogens with zero attached hydrogens (tertiary/aromatic N) is 2. The second-order valence-electron chi connectivity index (χ2n) is 5.59. The maximum absolute atomic E-state index is 12.5. The molecule has 1 aromatic carbocycles. The molecule has 118 valence electrons. The summed E-state index contributed by atoms with van der Waals surface area (Å²) < 4.78 is 37.5. The fourth-order valence-electron chi connectivity index (χ4n) is 2.57. The van der Waals surface area contributed by atoms with E-state index in [1.807, 2.05) is 0 Å². The maximum atomic E-state index is 12.5. The maximum Gasteiger partial charge on any atom is 0.416 e. The van der Waals surface area contributed by atoms with E-state index in [-0.39, 0.29) is 0 Å². The van der Waals surface area contributed by atoms with Gasteiger partial charge in [0, 0.05) is 45.3 Å². The molecule has 1 atom stereocenters. The van der Waals surface area contributed by atoms with Gasteiger partial charge in [0.2, 0.25) is 0 Å². The molecular weight excluding hydrogens is 279 g/mol. The Balaban J connectivity index is 1.86. The number of nitrogens with two attached hydrogens (primary N) is 1. The molecule has 1 unspecified atom stereocenters. The lowest BCUT2D eigenvalue weighted by Gasteiger charge is -2.37. The molecule has 0 aliphatic carbocycles. The molecule has 1 aliphatic rings. The first-order valence-corrected chi connectivity index (χ1v) is 7.23. The van der Waals surface area contributed by atoms with Gasteiger partial charge in [0.25, 0.3) is 0 Å². The highest BCUT2D eigenvalue weighted by atomic mass is 19.4. The minimum Gasteiger partial charge on any atom is -0.329 e. The third-order valence-electron chi connectivity index (χ3n) is 4.06. The Bertz CT molecular complexity index is 436. The largest absolute Gasteiger partial charge is 0.416 e. The first-order valence-electron chi connectivity index (χ1n) is 7.23. The predicted molar refractivity (Wildman–Crippen MR) is 76.8 cm³/mol. The first-order chi connectivity index (χ1) is 9.90. The normalized spacial score (nSPS) is 19.7. The van der Waals surface area contributed by atoms with Gasteiger partial charge in [-0.15, -0.1) is 0 Å². The van der Waals surface area contributed by atoms with Gasteiger partial charge >= 0.3 is 6.18 Å². The summed E-state index contributed by atoms with van der Waals surface area (Å²) in [6.45, 7) is 7.22. The lowest BCUT2D eigenvalue weighted by atomic mass is 10.1. The molecule has 3 nitrogen and oxygen atoms in total. The summed E-state index contributed by atoms with van der Waals surface area (Å²) >= 11 is 0. The van der Waals surface area contributed by atoms with Crippen LogP contribution in [0.4, 0.5) is 13.2 Å². The van der Waals surface area contributed by atoms with Crippen molar-refractivity contribution in [2.45, 2.75) is 25.7 Å². The number of piperazine rings is 1. The number of alkyl halides is 3. The van der Waals surface area contributed by atoms with Gasteiger partial charge in [0.1, 0.15) is 0 Å². The minimum atomic E-state index is -4.26. The molecule has 1 heterocycles. The third-order valence-corrected chi connectivity index (χ3v) is 4.06. The quantitative estimate of drug-likeness (QED) is 0.925. The van der Waals surface area contributed by atoms with E-state index < -0.39 is 11.7 Å². The van der Waals surface area contributed by atoms with Crippen LogP contribution in [0.15, 0.2) is 24.3 Å². The SMILES string of the molecule is CC(CN)N1CCN(Cc2ccc(C(F)(F)F)cc2)CC1. The van der Waals surface area contributed by atoms with Crippen molar-refractivity contribution in [1.82, 2.24) is 9.80 Å². The zero-order chi connectivity index (χ0) is 15.5. The van der Waals surface area contributed by atoms with Gasteiger partial charge in [-0.2, -0.15) is 13.2 Å². The van der Waals surface area contributed by atoms with Crippen LogP contribution in [0.1, 0.15) is 18.1 Å². The zero-order valence-electron chi connectivity index (χ0n) is 12.2. The fraction of sp³-hybridized carbons (Fsp3) is 0.600. The molecule has 1 aliphatic heterocycles. The molecule has 1 saturated heterocycles. The zero-order valence-corrected chi connectivity index (χ0v) is 12.2. The highest BCUT2D eigenvalue weighted by Crippen LogP contribution is 2.29. The van der Waals surface area contributed by atoms with Crippen molar-refractivity contribution in [2.75, 3.05) is 32.7 Å². The molecule has 6 heteroatoms. The molecule has 2 N–H and O–H groups in total. The van der Waals surface area contributed by atoms with Crippen LogP contribution in [0.2, 0.25) is 0 Å². The standard InChI is InChI=1S/C15H22F3N3/c1-12(10-19)21-8-6-20(7-9-21)11-13-2-4-14(5-3-13)15(16,17)18/h2-5,12H,6-11,19H2,1H3. The Morgan fingerprint density at radius 2 is 1.67 bits per heavy atom. The van der Waals surface area contributed by atoms with E-state index in [4.69, 9.17) is 5.73 Å². The summed E-state index contributed by atoms with van der Waals surface area (Å²) in [4.78, 5) is 4.62. The minimum absolute atomic E-state index is 0.387. The number of rotatable bonds is 4. The number of hydrogen-bond acceptors (Lipinski definition) is 3. The van der Waals surface area contributed by atoms with Crippen molar-refractivity contribution in [1.29, 1.82) is 0 Å². The summed E-state index contributed by atoms with van der Waals surface area (Å²) in [5.41, 5.74) is 5.99. The van der Waals surface area contributed by atoms with E-state index in [2.05, 4.69) is 16.7 Å². The van der Waals surface area contributed by atoms with Crippen LogP contribution in [0, 0.1) is 0 Å². The van der Waals surface area contributed by atoms with Crippen molar-refractivity contribution >= 4 is 0 Å². The highest BCUT2D eigenvalue weighted by Gasteiger charge is 2.30. The van der Waals surface area contributed by atoms with Crippen LogP contribution in [0.3, 0.4) is 0 Å². The molecule has 0 spiro atoms. The average Bonchev–Trinajstić information content (AvgIpc) is 2.47. The molecular formula is C15H22F3N3. The molecule has 0 bridgehead atoms. The van der Waals surface area contributed by atoms with Gasteiger partial charge in [-0.25, -0.2) is 0 Å². The Hall–Kier alpha value is -1.11. The van der Waals surface area contributed by atoms with Gasteiger partial charge < -0.3 is 5.73 Å². The topological polar surface area (TPSA) is 32.5 Å². The van der Waals surface area contributed by atoms with E-state index in [0.29, 0.717) is 19.1 Å². The molecule has 1 fully saturated rings. The number of hydrogen-bond donors (Lipinski definition) is 1. The van der Waals surface area contributed by atoms with Crippen molar-refractivity contribution in [3.8, 4) is 0 Å². The second-order valence-corrected chi connectivity index (χ2v) is 5.59. The molecule has 2 rings (SSSR count). The van der Waals surface area contributed by atoms with E-state index in [1.54, 1.807) is 12.1 Å². The first kappa shape index (κ1) is 16.3. The predicted octanol–water partition coefficient (Wildman–Crippen LogP) is 2.17. The lowest BCUT2D eigenvalue weighted by Crippen LogP contribution is -2.51. The highest BCUT2D eigenvalue weighted by molar-refractivity contribution is 5.24. The Kier molecular flexibility index (Phi) is 5.24. The van der Waals surface area contributed by atoms with Crippen LogP contribution >= 0.6 is 0 Å². The van der Waals surface area contributed by atoms with E-state index in [0.717, 1.165) is 43.9 Å². The van der Waals surface area contributed by atoms with Crippen LogP contribution < -0.4 is 5.73 Å². The van der Waals surface area contributed by atoms with Crippen molar-refractivity contribution in [3.05, 3.63) is 35.4 Å². The molecule has 0 amide bonds. The molecule has 0 saturated carbocycles. The summed E-state index contributed by atoms with van der Waals surface area (Å²) in [6.07, 6.45) is -4.26. The van der Waals surface area contributed by atoms with Gasteiger partial charge in [-0.3, -0.25) is 9.80 Å². The molecule has 1 aromatic rings. The van der Waals surface area contributed by atoms with E-state index in [1.165, 1.54) is 0 Å². The molecule has 0 aromatic heterocycles. The number of benzene rings is 1. The Labute approximate surface area is 123 Å². The monoisotopic (exact) mass is 301 g/mol. The average molecular weight is 301 g/mol. The Morgan fingerprint density at radius 3 is 2.14 bits per heavy atom. The van der Waals surface area contributed by atoms with Gasteiger partial charge in [-0.1, -0.05) is 12.1 Å². The van der Waals surface area contributed by atoms with Crippen molar-refractivity contribution < 1.29 is 13.2 Å². The van der Waals surface area contributed by atoms with E-state index >= 15 is 0 Å². The van der Waals surface area contributed by atoms with Crippen molar-refractivity contribution in [2.24, 2.45) is 5.73 Å². The van der Waals surface area contributed by atoms with E-state index in [9.17, 15) is 13.2 Å². The van der Waals surface area contributed by atoms with Gasteiger partial charge in [0.05, 0.1) is 5.56 Å². The van der Waals surface area contributed by atoms with Crippen LogP contribution in [0.25, 0.3) is 0 Å².